The fraction of sp³-hybridized carbons (Fsp3) is 0.368. The highest BCUT2D eigenvalue weighted by Gasteiger charge is 2.35. The third kappa shape index (κ3) is 3.35. The molecule has 1 heterocycles. The molecule has 2 aromatic rings. The second-order valence-corrected chi connectivity index (χ2v) is 7.00. The molecule has 3 nitrogen and oxygen atoms in total. The third-order valence-corrected chi connectivity index (χ3v) is 4.17. The molecule has 1 atom stereocenters. The molecule has 0 amide bonds. The number of hydrogen-bond donors (Lipinski definition) is 1. The van der Waals surface area contributed by atoms with E-state index in [0.717, 1.165) is 11.1 Å². The number of pyridine rings is 1. The molecule has 116 valence electrons. The summed E-state index contributed by atoms with van der Waals surface area (Å²) in [5.74, 6) is -0.812. The summed E-state index contributed by atoms with van der Waals surface area (Å²) in [7, 11) is 0. The molecule has 22 heavy (non-hydrogen) atoms. The lowest BCUT2D eigenvalue weighted by molar-refractivity contribution is -0.143. The Morgan fingerprint density at radius 3 is 1.91 bits per heavy atom. The highest BCUT2D eigenvalue weighted by molar-refractivity contribution is 5.81. The van der Waals surface area contributed by atoms with Crippen molar-refractivity contribution in [3.8, 4) is 0 Å². The zero-order chi connectivity index (χ0) is 16.4. The van der Waals surface area contributed by atoms with Gasteiger partial charge >= 0.3 is 5.97 Å². The fourth-order valence-corrected chi connectivity index (χ4v) is 2.55. The Morgan fingerprint density at radius 1 is 0.955 bits per heavy atom. The van der Waals surface area contributed by atoms with E-state index in [-0.39, 0.29) is 5.41 Å². The predicted molar refractivity (Wildman–Crippen MR) is 88.1 cm³/mol. The highest BCUT2D eigenvalue weighted by atomic mass is 16.4. The van der Waals surface area contributed by atoms with Gasteiger partial charge in [-0.3, -0.25) is 9.78 Å². The quantitative estimate of drug-likeness (QED) is 0.929. The number of hydrogen-bond acceptors (Lipinski definition) is 2. The number of carbonyl (C=O) groups is 1. The normalized spacial score (nSPS) is 14.4. The molecule has 0 aliphatic heterocycles. The van der Waals surface area contributed by atoms with Crippen molar-refractivity contribution in [2.75, 3.05) is 0 Å². The summed E-state index contributed by atoms with van der Waals surface area (Å²) in [6, 6.07) is 11.7. The van der Waals surface area contributed by atoms with E-state index in [4.69, 9.17) is 0 Å². The molecular formula is C19H23NO2. The average molecular weight is 297 g/mol. The van der Waals surface area contributed by atoms with E-state index >= 15 is 0 Å². The molecule has 0 aliphatic rings. The number of rotatable bonds is 4. The molecule has 1 unspecified atom stereocenters. The predicted octanol–water partition coefficient (Wildman–Crippen LogP) is 3.96. The SMILES string of the molecule is CC(C)(C)c1ccc(C(C)(Cc2ccncc2)C(=O)O)cc1. The first-order valence-electron chi connectivity index (χ1n) is 7.47. The first kappa shape index (κ1) is 16.2. The van der Waals surface area contributed by atoms with Crippen LogP contribution in [0.4, 0.5) is 0 Å². The second kappa shape index (κ2) is 5.91. The van der Waals surface area contributed by atoms with Crippen molar-refractivity contribution in [2.24, 2.45) is 0 Å². The van der Waals surface area contributed by atoms with Gasteiger partial charge in [-0.15, -0.1) is 0 Å². The topological polar surface area (TPSA) is 50.2 Å². The van der Waals surface area contributed by atoms with Gasteiger partial charge in [-0.2, -0.15) is 0 Å². The van der Waals surface area contributed by atoms with E-state index in [0.29, 0.717) is 6.42 Å². The lowest BCUT2D eigenvalue weighted by Gasteiger charge is -2.27. The molecule has 0 aliphatic carbocycles. The monoisotopic (exact) mass is 297 g/mol. The fourth-order valence-electron chi connectivity index (χ4n) is 2.55. The van der Waals surface area contributed by atoms with Gasteiger partial charge in [-0.05, 0) is 47.6 Å². The number of aliphatic carboxylic acids is 1. The van der Waals surface area contributed by atoms with Crippen LogP contribution in [0.2, 0.25) is 0 Å². The van der Waals surface area contributed by atoms with Gasteiger partial charge in [-0.25, -0.2) is 0 Å². The maximum absolute atomic E-state index is 11.9. The molecule has 1 N–H and O–H groups in total. The number of benzene rings is 1. The van der Waals surface area contributed by atoms with Crippen LogP contribution in [0.15, 0.2) is 48.8 Å². The van der Waals surface area contributed by atoms with Crippen molar-refractivity contribution in [2.45, 2.75) is 44.9 Å². The summed E-state index contributed by atoms with van der Waals surface area (Å²) < 4.78 is 0. The van der Waals surface area contributed by atoms with Crippen LogP contribution in [-0.2, 0) is 22.0 Å². The number of nitrogens with zero attached hydrogens (tertiary/aromatic N) is 1. The molecule has 0 fully saturated rings. The Bertz CT molecular complexity index is 641. The maximum atomic E-state index is 11.9. The minimum atomic E-state index is -0.947. The Kier molecular flexibility index (Phi) is 4.36. The molecular weight excluding hydrogens is 274 g/mol. The van der Waals surface area contributed by atoms with Crippen LogP contribution in [0.1, 0.15) is 44.4 Å². The van der Waals surface area contributed by atoms with Gasteiger partial charge in [-0.1, -0.05) is 45.0 Å². The van der Waals surface area contributed by atoms with Crippen LogP contribution >= 0.6 is 0 Å². The van der Waals surface area contributed by atoms with E-state index in [1.54, 1.807) is 19.3 Å². The van der Waals surface area contributed by atoms with Gasteiger partial charge in [0.05, 0.1) is 5.41 Å². The Labute approximate surface area is 132 Å². The lowest BCUT2D eigenvalue weighted by Crippen LogP contribution is -2.35. The Hall–Kier alpha value is -2.16. The van der Waals surface area contributed by atoms with Gasteiger partial charge in [0.25, 0.3) is 0 Å². The van der Waals surface area contributed by atoms with Crippen molar-refractivity contribution in [1.29, 1.82) is 0 Å². The highest BCUT2D eigenvalue weighted by Crippen LogP contribution is 2.31. The van der Waals surface area contributed by atoms with Gasteiger partial charge in [0.1, 0.15) is 0 Å². The molecule has 1 aromatic heterocycles. The van der Waals surface area contributed by atoms with Gasteiger partial charge in [0.15, 0.2) is 0 Å². The van der Waals surface area contributed by atoms with Crippen molar-refractivity contribution in [3.63, 3.8) is 0 Å². The van der Waals surface area contributed by atoms with E-state index in [2.05, 4.69) is 25.8 Å². The largest absolute Gasteiger partial charge is 0.481 e. The average Bonchev–Trinajstić information content (AvgIpc) is 2.47. The van der Waals surface area contributed by atoms with E-state index in [1.807, 2.05) is 36.4 Å². The van der Waals surface area contributed by atoms with Crippen molar-refractivity contribution in [3.05, 3.63) is 65.5 Å². The first-order valence-corrected chi connectivity index (χ1v) is 7.47. The summed E-state index contributed by atoms with van der Waals surface area (Å²) in [5, 5.41) is 9.76. The molecule has 1 aromatic carbocycles. The molecule has 2 rings (SSSR count). The molecule has 0 saturated heterocycles. The van der Waals surface area contributed by atoms with Crippen molar-refractivity contribution < 1.29 is 9.90 Å². The van der Waals surface area contributed by atoms with Gasteiger partial charge < -0.3 is 5.11 Å². The molecule has 3 heteroatoms. The van der Waals surface area contributed by atoms with Crippen LogP contribution in [-0.4, -0.2) is 16.1 Å². The van der Waals surface area contributed by atoms with Crippen LogP contribution in [0.25, 0.3) is 0 Å². The lowest BCUT2D eigenvalue weighted by atomic mass is 9.76. The number of carboxylic acid groups (broad SMARTS) is 1. The van der Waals surface area contributed by atoms with Gasteiger partial charge in [0, 0.05) is 12.4 Å². The number of carboxylic acids is 1. The zero-order valence-corrected chi connectivity index (χ0v) is 13.6. The van der Waals surface area contributed by atoms with Gasteiger partial charge in [0.2, 0.25) is 0 Å². The first-order chi connectivity index (χ1) is 10.2. The van der Waals surface area contributed by atoms with E-state index in [1.165, 1.54) is 5.56 Å². The molecule has 0 radical (unpaired) electrons. The standard InChI is InChI=1S/C19H23NO2/c1-18(2,3)15-5-7-16(8-6-15)19(4,17(21)22)13-14-9-11-20-12-10-14/h5-12H,13H2,1-4H3,(H,21,22). The van der Waals surface area contributed by atoms with Crippen molar-refractivity contribution in [1.82, 2.24) is 4.98 Å². The van der Waals surface area contributed by atoms with Crippen LogP contribution < -0.4 is 0 Å². The van der Waals surface area contributed by atoms with E-state index < -0.39 is 11.4 Å². The summed E-state index contributed by atoms with van der Waals surface area (Å²) in [4.78, 5) is 15.9. The summed E-state index contributed by atoms with van der Waals surface area (Å²) in [6.07, 6.45) is 3.83. The minimum absolute atomic E-state index is 0.0588. The van der Waals surface area contributed by atoms with E-state index in [9.17, 15) is 9.90 Å². The Balaban J connectivity index is 2.37. The molecule has 0 spiro atoms. The Morgan fingerprint density at radius 2 is 1.45 bits per heavy atom. The second-order valence-electron chi connectivity index (χ2n) is 7.00. The van der Waals surface area contributed by atoms with Crippen LogP contribution in [0.3, 0.4) is 0 Å². The summed E-state index contributed by atoms with van der Waals surface area (Å²) in [6.45, 7) is 8.22. The minimum Gasteiger partial charge on any atom is -0.481 e. The maximum Gasteiger partial charge on any atom is 0.314 e. The van der Waals surface area contributed by atoms with Crippen LogP contribution in [0, 0.1) is 0 Å². The molecule has 0 saturated carbocycles. The van der Waals surface area contributed by atoms with Crippen LogP contribution in [0.5, 0.6) is 0 Å². The smallest absolute Gasteiger partial charge is 0.314 e. The summed E-state index contributed by atoms with van der Waals surface area (Å²) in [5.41, 5.74) is 2.11. The summed E-state index contributed by atoms with van der Waals surface area (Å²) >= 11 is 0. The molecule has 0 bridgehead atoms. The third-order valence-electron chi connectivity index (χ3n) is 4.17. The van der Waals surface area contributed by atoms with Crippen molar-refractivity contribution >= 4 is 5.97 Å². The zero-order valence-electron chi connectivity index (χ0n) is 13.6. The number of aromatic nitrogens is 1.